The van der Waals surface area contributed by atoms with E-state index < -0.39 is 6.09 Å². The third kappa shape index (κ3) is 4.44. The Morgan fingerprint density at radius 1 is 0.926 bits per heavy atom. The summed E-state index contributed by atoms with van der Waals surface area (Å²) < 4.78 is 0. The molecule has 1 aliphatic rings. The third-order valence-electron chi connectivity index (χ3n) is 4.57. The smallest absolute Gasteiger partial charge is 0.407 e. The minimum Gasteiger partial charge on any atom is -0.465 e. The number of amides is 2. The Bertz CT molecular complexity index is 856. The summed E-state index contributed by atoms with van der Waals surface area (Å²) in [6.45, 7) is 3.65. The predicted octanol–water partition coefficient (Wildman–Crippen LogP) is 2.94. The maximum Gasteiger partial charge on any atom is 0.407 e. The Hall–Kier alpha value is -3.35. The van der Waals surface area contributed by atoms with Crippen LogP contribution in [0.25, 0.3) is 0 Å². The molecule has 7 heteroatoms. The van der Waals surface area contributed by atoms with Crippen LogP contribution in [-0.2, 0) is 0 Å². The number of piperazine rings is 1. The molecule has 0 saturated carbocycles. The van der Waals surface area contributed by atoms with Crippen LogP contribution in [0.4, 0.5) is 16.2 Å². The molecule has 2 aromatic carbocycles. The first-order valence-corrected chi connectivity index (χ1v) is 8.69. The van der Waals surface area contributed by atoms with Crippen LogP contribution in [0.2, 0.25) is 0 Å². The molecular weight excluding hydrogens is 346 g/mol. The summed E-state index contributed by atoms with van der Waals surface area (Å²) in [4.78, 5) is 38.3. The molecule has 140 valence electrons. The zero-order chi connectivity index (χ0) is 19.4. The van der Waals surface area contributed by atoms with E-state index in [4.69, 9.17) is 5.11 Å². The Morgan fingerprint density at radius 3 is 2.19 bits per heavy atom. The molecule has 2 amide bonds. The van der Waals surface area contributed by atoms with Crippen molar-refractivity contribution in [2.45, 2.75) is 6.92 Å². The van der Waals surface area contributed by atoms with Crippen LogP contribution in [0.15, 0.2) is 48.5 Å². The van der Waals surface area contributed by atoms with Gasteiger partial charge in [-0.3, -0.25) is 9.59 Å². The molecule has 0 spiro atoms. The van der Waals surface area contributed by atoms with Crippen molar-refractivity contribution in [2.75, 3.05) is 36.4 Å². The molecule has 27 heavy (non-hydrogen) atoms. The van der Waals surface area contributed by atoms with Gasteiger partial charge in [-0.2, -0.15) is 0 Å². The van der Waals surface area contributed by atoms with Gasteiger partial charge in [0.1, 0.15) is 0 Å². The van der Waals surface area contributed by atoms with Gasteiger partial charge >= 0.3 is 6.09 Å². The highest BCUT2D eigenvalue weighted by Crippen LogP contribution is 2.19. The number of carbonyl (C=O) groups excluding carboxylic acids is 2. The number of benzene rings is 2. The van der Waals surface area contributed by atoms with Crippen LogP contribution in [0, 0.1) is 0 Å². The minimum atomic E-state index is -0.893. The molecule has 3 rings (SSSR count). The molecule has 0 unspecified atom stereocenters. The van der Waals surface area contributed by atoms with Crippen molar-refractivity contribution in [3.8, 4) is 0 Å². The Labute approximate surface area is 157 Å². The van der Waals surface area contributed by atoms with E-state index in [0.29, 0.717) is 43.0 Å². The van der Waals surface area contributed by atoms with E-state index >= 15 is 0 Å². The predicted molar refractivity (Wildman–Crippen MR) is 103 cm³/mol. The first kappa shape index (κ1) is 18.4. The van der Waals surface area contributed by atoms with E-state index in [1.807, 2.05) is 12.1 Å². The van der Waals surface area contributed by atoms with Crippen molar-refractivity contribution in [3.63, 3.8) is 0 Å². The van der Waals surface area contributed by atoms with Gasteiger partial charge in [-0.1, -0.05) is 12.1 Å². The minimum absolute atomic E-state index is 0.0570. The lowest BCUT2D eigenvalue weighted by molar-refractivity contribution is 0.101. The standard InChI is InChI=1S/C20H21N3O4/c1-14(24)16-3-2-4-17(13-16)21-19(25)15-5-7-18(8-6-15)22-9-11-23(12-10-22)20(26)27/h2-8,13H,9-12H2,1H3,(H,21,25)(H,26,27). The topological polar surface area (TPSA) is 90.0 Å². The number of nitrogens with one attached hydrogen (secondary N) is 1. The van der Waals surface area contributed by atoms with Gasteiger partial charge in [-0.25, -0.2) is 4.79 Å². The summed E-state index contributed by atoms with van der Waals surface area (Å²) in [6.07, 6.45) is -0.893. The number of carbonyl (C=O) groups is 3. The van der Waals surface area contributed by atoms with Crippen LogP contribution >= 0.6 is 0 Å². The number of rotatable bonds is 4. The third-order valence-corrected chi connectivity index (χ3v) is 4.57. The fourth-order valence-corrected chi connectivity index (χ4v) is 3.00. The van der Waals surface area contributed by atoms with Crippen molar-refractivity contribution in [1.29, 1.82) is 0 Å². The van der Waals surface area contributed by atoms with Gasteiger partial charge in [0.25, 0.3) is 5.91 Å². The fourth-order valence-electron chi connectivity index (χ4n) is 3.00. The van der Waals surface area contributed by atoms with Gasteiger partial charge in [-0.05, 0) is 43.3 Å². The number of hydrogen-bond acceptors (Lipinski definition) is 4. The molecular formula is C20H21N3O4. The highest BCUT2D eigenvalue weighted by atomic mass is 16.4. The van der Waals surface area contributed by atoms with Crippen molar-refractivity contribution < 1.29 is 19.5 Å². The second-order valence-electron chi connectivity index (χ2n) is 6.39. The van der Waals surface area contributed by atoms with Crippen LogP contribution in [0.1, 0.15) is 27.6 Å². The molecule has 0 aromatic heterocycles. The lowest BCUT2D eigenvalue weighted by Gasteiger charge is -2.34. The van der Waals surface area contributed by atoms with Crippen LogP contribution in [0.3, 0.4) is 0 Å². The molecule has 1 saturated heterocycles. The Morgan fingerprint density at radius 2 is 1.59 bits per heavy atom. The second kappa shape index (κ2) is 7.90. The molecule has 7 nitrogen and oxygen atoms in total. The lowest BCUT2D eigenvalue weighted by Crippen LogP contribution is -2.48. The molecule has 2 N–H and O–H groups in total. The second-order valence-corrected chi connectivity index (χ2v) is 6.39. The van der Waals surface area contributed by atoms with Gasteiger partial charge in [0.15, 0.2) is 5.78 Å². The molecule has 1 fully saturated rings. The van der Waals surface area contributed by atoms with Crippen LogP contribution in [0.5, 0.6) is 0 Å². The summed E-state index contributed by atoms with van der Waals surface area (Å²) in [7, 11) is 0. The lowest BCUT2D eigenvalue weighted by atomic mass is 10.1. The average molecular weight is 367 g/mol. The number of hydrogen-bond donors (Lipinski definition) is 2. The average Bonchev–Trinajstić information content (AvgIpc) is 2.68. The quantitative estimate of drug-likeness (QED) is 0.811. The highest BCUT2D eigenvalue weighted by molar-refractivity contribution is 6.05. The molecule has 2 aromatic rings. The number of carboxylic acid groups (broad SMARTS) is 1. The van der Waals surface area contributed by atoms with Crippen molar-refractivity contribution in [3.05, 3.63) is 59.7 Å². The summed E-state index contributed by atoms with van der Waals surface area (Å²) in [5, 5.41) is 11.8. The largest absolute Gasteiger partial charge is 0.465 e. The van der Waals surface area contributed by atoms with E-state index in [9.17, 15) is 14.4 Å². The van der Waals surface area contributed by atoms with E-state index in [1.165, 1.54) is 11.8 Å². The Kier molecular flexibility index (Phi) is 5.40. The van der Waals surface area contributed by atoms with E-state index in [0.717, 1.165) is 5.69 Å². The van der Waals surface area contributed by atoms with Gasteiger partial charge in [0, 0.05) is 48.7 Å². The van der Waals surface area contributed by atoms with Crippen molar-refractivity contribution >= 4 is 29.2 Å². The highest BCUT2D eigenvalue weighted by Gasteiger charge is 2.20. The maximum absolute atomic E-state index is 12.4. The van der Waals surface area contributed by atoms with Crippen molar-refractivity contribution in [1.82, 2.24) is 4.90 Å². The molecule has 1 heterocycles. The van der Waals surface area contributed by atoms with Crippen LogP contribution in [-0.4, -0.2) is 54.0 Å². The summed E-state index contributed by atoms with van der Waals surface area (Å²) >= 11 is 0. The van der Waals surface area contributed by atoms with E-state index in [2.05, 4.69) is 10.2 Å². The molecule has 0 atom stereocenters. The monoisotopic (exact) mass is 367 g/mol. The first-order valence-electron chi connectivity index (χ1n) is 8.69. The van der Waals surface area contributed by atoms with Gasteiger partial charge < -0.3 is 20.2 Å². The van der Waals surface area contributed by atoms with Crippen molar-refractivity contribution in [2.24, 2.45) is 0 Å². The fraction of sp³-hybridized carbons (Fsp3) is 0.250. The van der Waals surface area contributed by atoms with Gasteiger partial charge in [0.2, 0.25) is 0 Å². The maximum atomic E-state index is 12.4. The molecule has 0 bridgehead atoms. The van der Waals surface area contributed by atoms with E-state index in [-0.39, 0.29) is 11.7 Å². The van der Waals surface area contributed by atoms with Gasteiger partial charge in [0.05, 0.1) is 0 Å². The summed E-state index contributed by atoms with van der Waals surface area (Å²) in [5.41, 5.74) is 2.58. The molecule has 0 radical (unpaired) electrons. The summed E-state index contributed by atoms with van der Waals surface area (Å²) in [5.74, 6) is -0.309. The normalized spacial score (nSPS) is 14.0. The zero-order valence-corrected chi connectivity index (χ0v) is 15.0. The molecule has 0 aliphatic carbocycles. The molecule has 1 aliphatic heterocycles. The van der Waals surface area contributed by atoms with E-state index in [1.54, 1.807) is 36.4 Å². The van der Waals surface area contributed by atoms with Gasteiger partial charge in [-0.15, -0.1) is 0 Å². The number of nitrogens with zero attached hydrogens (tertiary/aromatic N) is 2. The summed E-state index contributed by atoms with van der Waals surface area (Å²) in [6, 6.07) is 14.0. The van der Waals surface area contributed by atoms with Crippen LogP contribution < -0.4 is 10.2 Å². The number of anilines is 2. The first-order chi connectivity index (χ1) is 12.9. The number of ketones is 1. The number of Topliss-reactive ketones (excluding diaryl/α,β-unsaturated/α-hetero) is 1. The Balaban J connectivity index is 1.63. The zero-order valence-electron chi connectivity index (χ0n) is 15.0. The SMILES string of the molecule is CC(=O)c1cccc(NC(=O)c2ccc(N3CCN(C(=O)O)CC3)cc2)c1.